The molecule has 3 atom stereocenters. The lowest BCUT2D eigenvalue weighted by Gasteiger charge is -2.29. The number of aliphatic hydroxyl groups is 1. The number of carbonyl (C=O) groups excluding carboxylic acids is 3. The van der Waals surface area contributed by atoms with Crippen molar-refractivity contribution in [3.8, 4) is 0 Å². The second kappa shape index (κ2) is 15.4. The van der Waals surface area contributed by atoms with Crippen LogP contribution in [0.1, 0.15) is 64.4 Å². The van der Waals surface area contributed by atoms with Crippen LogP contribution in [0.3, 0.4) is 0 Å². The Morgan fingerprint density at radius 1 is 1.05 bits per heavy atom. The monoisotopic (exact) mass is 512 g/mol. The summed E-state index contributed by atoms with van der Waals surface area (Å²) in [6, 6.07) is 9.37. The highest BCUT2D eigenvalue weighted by Gasteiger charge is 2.35. The van der Waals surface area contributed by atoms with E-state index in [4.69, 9.17) is 4.74 Å². The summed E-state index contributed by atoms with van der Waals surface area (Å²) in [5.41, 5.74) is 0.467. The van der Waals surface area contributed by atoms with Crippen LogP contribution in [0.4, 0.5) is 0 Å². The molecule has 2 rings (SSSR count). The zero-order valence-corrected chi connectivity index (χ0v) is 22.4. The fraction of sp³-hybridized carbons (Fsp3) is 0.567. The summed E-state index contributed by atoms with van der Waals surface area (Å²) in [6.07, 6.45) is 8.15. The lowest BCUT2D eigenvalue weighted by molar-refractivity contribution is -0.150. The molecule has 0 spiro atoms. The number of esters is 1. The van der Waals surface area contributed by atoms with Crippen LogP contribution in [0.25, 0.3) is 0 Å². The van der Waals surface area contributed by atoms with E-state index in [0.717, 1.165) is 31.2 Å². The molecule has 1 aliphatic rings. The quantitative estimate of drug-likeness (QED) is 0.228. The third-order valence-electron chi connectivity index (χ3n) is 7.17. The molecule has 0 aromatic heterocycles. The van der Waals surface area contributed by atoms with Crippen molar-refractivity contribution in [3.05, 3.63) is 61.2 Å². The van der Waals surface area contributed by atoms with Crippen molar-refractivity contribution >= 4 is 17.8 Å². The molecule has 7 nitrogen and oxygen atoms in total. The Morgan fingerprint density at radius 3 is 2.24 bits per heavy atom. The number of hydrogen-bond donors (Lipinski definition) is 3. The van der Waals surface area contributed by atoms with Gasteiger partial charge in [-0.15, -0.1) is 13.2 Å². The topological polar surface area (TPSA) is 105 Å². The highest BCUT2D eigenvalue weighted by Crippen LogP contribution is 2.29. The fourth-order valence-electron chi connectivity index (χ4n) is 4.78. The van der Waals surface area contributed by atoms with E-state index in [2.05, 4.69) is 23.8 Å². The molecule has 1 aromatic rings. The summed E-state index contributed by atoms with van der Waals surface area (Å²) >= 11 is 0. The molecule has 1 fully saturated rings. The smallest absolute Gasteiger partial charge is 0.309 e. The summed E-state index contributed by atoms with van der Waals surface area (Å²) in [5, 5.41) is 15.7. The molecule has 0 aliphatic heterocycles. The van der Waals surface area contributed by atoms with E-state index in [-0.39, 0.29) is 49.3 Å². The number of aliphatic hydroxyl groups excluding tert-OH is 1. The SMILES string of the molecule is C=CC[C@H](CC(=O)NC1(CO)CCCC1)C(=O)N[C@H](COC(=O)[C@@H](CC=C)Cc1ccccc1)C(C)C. The summed E-state index contributed by atoms with van der Waals surface area (Å²) in [6.45, 7) is 11.4. The molecular weight excluding hydrogens is 468 g/mol. The van der Waals surface area contributed by atoms with E-state index in [1.165, 1.54) is 0 Å². The maximum absolute atomic E-state index is 13.2. The molecule has 1 saturated carbocycles. The number of amides is 2. The van der Waals surface area contributed by atoms with Crippen LogP contribution < -0.4 is 10.6 Å². The first-order chi connectivity index (χ1) is 17.7. The second-order valence-corrected chi connectivity index (χ2v) is 10.5. The van der Waals surface area contributed by atoms with Crippen LogP contribution in [0, 0.1) is 17.8 Å². The number of rotatable bonds is 16. The van der Waals surface area contributed by atoms with E-state index in [1.807, 2.05) is 44.2 Å². The minimum Gasteiger partial charge on any atom is -0.463 e. The Labute approximate surface area is 221 Å². The molecule has 0 saturated heterocycles. The molecule has 2 amide bonds. The van der Waals surface area contributed by atoms with Gasteiger partial charge in [0.15, 0.2) is 0 Å². The first kappa shape index (κ1) is 30.3. The molecule has 3 N–H and O–H groups in total. The Morgan fingerprint density at radius 2 is 1.68 bits per heavy atom. The summed E-state index contributed by atoms with van der Waals surface area (Å²) in [7, 11) is 0. The third-order valence-corrected chi connectivity index (χ3v) is 7.17. The first-order valence-electron chi connectivity index (χ1n) is 13.4. The van der Waals surface area contributed by atoms with Crippen LogP contribution in [0.15, 0.2) is 55.6 Å². The van der Waals surface area contributed by atoms with E-state index < -0.39 is 17.5 Å². The molecular formula is C30H44N2O5. The standard InChI is InChI=1S/C30H44N2O5/c1-5-12-24(19-27(34)32-30(21-33)16-10-11-17-30)28(35)31-26(22(3)4)20-37-29(36)25(13-6-2)18-23-14-8-7-9-15-23/h5-9,14-15,22,24-26,33H,1-2,10-13,16-21H2,3-4H3,(H,31,35)(H,32,34)/t24-,25+,26-/m1/s1. The van der Waals surface area contributed by atoms with Gasteiger partial charge >= 0.3 is 5.97 Å². The van der Waals surface area contributed by atoms with Crippen LogP contribution >= 0.6 is 0 Å². The summed E-state index contributed by atoms with van der Waals surface area (Å²) in [4.78, 5) is 38.8. The van der Waals surface area contributed by atoms with Gasteiger partial charge in [-0.3, -0.25) is 14.4 Å². The zero-order chi connectivity index (χ0) is 27.3. The van der Waals surface area contributed by atoms with Crippen molar-refractivity contribution < 1.29 is 24.2 Å². The van der Waals surface area contributed by atoms with Crippen LogP contribution in [0.2, 0.25) is 0 Å². The van der Waals surface area contributed by atoms with Gasteiger partial charge in [0.25, 0.3) is 0 Å². The van der Waals surface area contributed by atoms with Crippen molar-refractivity contribution in [2.45, 2.75) is 76.8 Å². The first-order valence-corrected chi connectivity index (χ1v) is 13.4. The molecule has 0 radical (unpaired) electrons. The molecule has 0 unspecified atom stereocenters. The van der Waals surface area contributed by atoms with Crippen molar-refractivity contribution in [2.24, 2.45) is 17.8 Å². The molecule has 1 aromatic carbocycles. The lowest BCUT2D eigenvalue weighted by Crippen LogP contribution is -2.51. The normalized spacial score (nSPS) is 16.9. The van der Waals surface area contributed by atoms with E-state index in [9.17, 15) is 19.5 Å². The van der Waals surface area contributed by atoms with Crippen molar-refractivity contribution in [1.29, 1.82) is 0 Å². The van der Waals surface area contributed by atoms with Gasteiger partial charge in [0, 0.05) is 6.42 Å². The van der Waals surface area contributed by atoms with E-state index in [1.54, 1.807) is 12.2 Å². The molecule has 0 bridgehead atoms. The van der Waals surface area contributed by atoms with Gasteiger partial charge in [0.2, 0.25) is 11.8 Å². The summed E-state index contributed by atoms with van der Waals surface area (Å²) < 4.78 is 5.66. The van der Waals surface area contributed by atoms with Crippen molar-refractivity contribution in [2.75, 3.05) is 13.2 Å². The van der Waals surface area contributed by atoms with Gasteiger partial charge in [-0.2, -0.15) is 0 Å². The van der Waals surface area contributed by atoms with E-state index in [0.29, 0.717) is 19.3 Å². The molecule has 1 aliphatic carbocycles. The van der Waals surface area contributed by atoms with Gasteiger partial charge in [-0.25, -0.2) is 0 Å². The average Bonchev–Trinajstić information content (AvgIpc) is 3.34. The number of allylic oxidation sites excluding steroid dienone is 2. The second-order valence-electron chi connectivity index (χ2n) is 10.5. The fourth-order valence-corrected chi connectivity index (χ4v) is 4.78. The van der Waals surface area contributed by atoms with Crippen LogP contribution in [-0.2, 0) is 25.5 Å². The van der Waals surface area contributed by atoms with Gasteiger partial charge in [0.1, 0.15) is 6.61 Å². The Bertz CT molecular complexity index is 892. The largest absolute Gasteiger partial charge is 0.463 e. The number of ether oxygens (including phenoxy) is 1. The van der Waals surface area contributed by atoms with Gasteiger partial charge in [0.05, 0.1) is 30.0 Å². The minimum absolute atomic E-state index is 0.00267. The number of benzene rings is 1. The van der Waals surface area contributed by atoms with Gasteiger partial charge in [-0.05, 0) is 43.6 Å². The zero-order valence-electron chi connectivity index (χ0n) is 22.4. The van der Waals surface area contributed by atoms with Crippen LogP contribution in [0.5, 0.6) is 0 Å². The summed E-state index contributed by atoms with van der Waals surface area (Å²) in [5.74, 6) is -1.79. The average molecular weight is 513 g/mol. The van der Waals surface area contributed by atoms with Gasteiger partial charge in [-0.1, -0.05) is 69.2 Å². The third kappa shape index (κ3) is 9.80. The number of carbonyl (C=O) groups is 3. The lowest BCUT2D eigenvalue weighted by atomic mass is 9.95. The maximum Gasteiger partial charge on any atom is 0.309 e. The Kier molecular flexibility index (Phi) is 12.6. The van der Waals surface area contributed by atoms with Gasteiger partial charge < -0.3 is 20.5 Å². The Balaban J connectivity index is 1.97. The van der Waals surface area contributed by atoms with Crippen LogP contribution in [-0.4, -0.2) is 47.7 Å². The van der Waals surface area contributed by atoms with Crippen molar-refractivity contribution in [3.63, 3.8) is 0 Å². The highest BCUT2D eigenvalue weighted by molar-refractivity contribution is 5.86. The predicted molar refractivity (Wildman–Crippen MR) is 146 cm³/mol. The molecule has 7 heteroatoms. The van der Waals surface area contributed by atoms with E-state index >= 15 is 0 Å². The minimum atomic E-state index is -0.599. The number of nitrogens with one attached hydrogen (secondary N) is 2. The predicted octanol–water partition coefficient (Wildman–Crippen LogP) is 4.11. The highest BCUT2D eigenvalue weighted by atomic mass is 16.5. The maximum atomic E-state index is 13.2. The Hall–Kier alpha value is -2.93. The number of hydrogen-bond acceptors (Lipinski definition) is 5. The molecule has 37 heavy (non-hydrogen) atoms. The van der Waals surface area contributed by atoms with Crippen molar-refractivity contribution in [1.82, 2.24) is 10.6 Å². The molecule has 0 heterocycles. The molecule has 204 valence electrons.